The maximum atomic E-state index is 9.56. The van der Waals surface area contributed by atoms with Gasteiger partial charge in [0, 0.05) is 36.9 Å². The van der Waals surface area contributed by atoms with Crippen LogP contribution in [0.25, 0.3) is 0 Å². The Balaban J connectivity index is 1.51. The number of aromatic nitrogens is 1. The Morgan fingerprint density at radius 3 is 2.95 bits per heavy atom. The van der Waals surface area contributed by atoms with E-state index in [1.165, 1.54) is 12.8 Å². The molecular weight excluding hydrogens is 260 g/mol. The summed E-state index contributed by atoms with van der Waals surface area (Å²) in [5, 5.41) is 13.1. The predicted octanol–water partition coefficient (Wildman–Crippen LogP) is 2.12. The second-order valence-electron chi connectivity index (χ2n) is 6.56. The molecular formula is C17H24N4. The van der Waals surface area contributed by atoms with Crippen molar-refractivity contribution in [1.82, 2.24) is 15.2 Å². The highest BCUT2D eigenvalue weighted by molar-refractivity contribution is 5.15. The minimum Gasteiger partial charge on any atom is -0.303 e. The van der Waals surface area contributed by atoms with E-state index < -0.39 is 0 Å². The maximum absolute atomic E-state index is 9.56. The van der Waals surface area contributed by atoms with Crippen LogP contribution in [0, 0.1) is 11.3 Å². The summed E-state index contributed by atoms with van der Waals surface area (Å²) in [4.78, 5) is 6.78. The van der Waals surface area contributed by atoms with E-state index in [4.69, 9.17) is 0 Å². The van der Waals surface area contributed by atoms with Crippen molar-refractivity contribution in [3.63, 3.8) is 0 Å². The number of nitrogens with one attached hydrogen (secondary N) is 1. The van der Waals surface area contributed by atoms with Gasteiger partial charge in [-0.2, -0.15) is 5.26 Å². The van der Waals surface area contributed by atoms with E-state index in [0.717, 1.165) is 37.9 Å². The first-order valence-corrected chi connectivity index (χ1v) is 8.00. The molecule has 0 spiro atoms. The lowest BCUT2D eigenvalue weighted by atomic mass is 9.99. The van der Waals surface area contributed by atoms with Gasteiger partial charge < -0.3 is 4.90 Å². The third kappa shape index (κ3) is 3.61. The average molecular weight is 284 g/mol. The minimum absolute atomic E-state index is 0.273. The fraction of sp³-hybridized carbons (Fsp3) is 0.647. The molecule has 2 aliphatic rings. The smallest absolute Gasteiger partial charge is 0.108 e. The van der Waals surface area contributed by atoms with Gasteiger partial charge in [0.1, 0.15) is 5.54 Å². The van der Waals surface area contributed by atoms with Crippen LogP contribution in [0.5, 0.6) is 0 Å². The van der Waals surface area contributed by atoms with Crippen molar-refractivity contribution in [3.05, 3.63) is 30.1 Å². The van der Waals surface area contributed by atoms with E-state index in [-0.39, 0.29) is 5.54 Å². The Morgan fingerprint density at radius 1 is 1.43 bits per heavy atom. The van der Waals surface area contributed by atoms with Crippen molar-refractivity contribution >= 4 is 0 Å². The van der Waals surface area contributed by atoms with Crippen LogP contribution < -0.4 is 5.32 Å². The highest BCUT2D eigenvalue weighted by atomic mass is 15.2. The number of rotatable bonds is 6. The number of nitriles is 1. The van der Waals surface area contributed by atoms with Gasteiger partial charge in [-0.1, -0.05) is 6.07 Å². The van der Waals surface area contributed by atoms with Gasteiger partial charge in [0.25, 0.3) is 0 Å². The molecule has 0 radical (unpaired) electrons. The fourth-order valence-corrected chi connectivity index (χ4v) is 3.30. The van der Waals surface area contributed by atoms with E-state index in [1.54, 1.807) is 0 Å². The molecule has 1 heterocycles. The SMILES string of the molecule is CN(CCc1ccccn1)C1CCC(C#N)(NC2CC2)C1. The molecule has 1 aromatic rings. The molecule has 4 nitrogen and oxygen atoms in total. The van der Waals surface area contributed by atoms with Crippen molar-refractivity contribution in [2.24, 2.45) is 0 Å². The summed E-state index contributed by atoms with van der Waals surface area (Å²) in [5.74, 6) is 0. The zero-order chi connectivity index (χ0) is 14.7. The molecule has 1 aromatic heterocycles. The van der Waals surface area contributed by atoms with E-state index in [9.17, 15) is 5.26 Å². The Bertz CT molecular complexity index is 505. The predicted molar refractivity (Wildman–Crippen MR) is 82.7 cm³/mol. The van der Waals surface area contributed by atoms with Gasteiger partial charge in [0.15, 0.2) is 0 Å². The normalized spacial score (nSPS) is 28.7. The van der Waals surface area contributed by atoms with Crippen molar-refractivity contribution in [3.8, 4) is 6.07 Å². The molecule has 112 valence electrons. The Labute approximate surface area is 127 Å². The lowest BCUT2D eigenvalue weighted by Crippen LogP contribution is -2.44. The molecule has 0 aliphatic heterocycles. The maximum Gasteiger partial charge on any atom is 0.108 e. The molecule has 0 amide bonds. The summed E-state index contributed by atoms with van der Waals surface area (Å²) in [5.41, 5.74) is 0.871. The molecule has 21 heavy (non-hydrogen) atoms. The zero-order valence-electron chi connectivity index (χ0n) is 12.8. The molecule has 0 saturated heterocycles. The summed E-state index contributed by atoms with van der Waals surface area (Å²) in [6.45, 7) is 1.01. The molecule has 0 aromatic carbocycles. The van der Waals surface area contributed by atoms with Crippen molar-refractivity contribution in [1.29, 1.82) is 5.26 Å². The van der Waals surface area contributed by atoms with Crippen molar-refractivity contribution < 1.29 is 0 Å². The average Bonchev–Trinajstić information content (AvgIpc) is 3.23. The summed E-state index contributed by atoms with van der Waals surface area (Å²) < 4.78 is 0. The molecule has 2 aliphatic carbocycles. The van der Waals surface area contributed by atoms with E-state index >= 15 is 0 Å². The monoisotopic (exact) mass is 284 g/mol. The topological polar surface area (TPSA) is 52.0 Å². The van der Waals surface area contributed by atoms with Crippen LogP contribution in [0.2, 0.25) is 0 Å². The second-order valence-corrected chi connectivity index (χ2v) is 6.56. The molecule has 2 saturated carbocycles. The first-order valence-electron chi connectivity index (χ1n) is 8.00. The van der Waals surface area contributed by atoms with Crippen molar-refractivity contribution in [2.75, 3.05) is 13.6 Å². The first-order chi connectivity index (χ1) is 10.2. The third-order valence-electron chi connectivity index (χ3n) is 4.83. The van der Waals surface area contributed by atoms with Gasteiger partial charge in [0.05, 0.1) is 6.07 Å². The van der Waals surface area contributed by atoms with Gasteiger partial charge >= 0.3 is 0 Å². The summed E-state index contributed by atoms with van der Waals surface area (Å²) in [6, 6.07) is 9.74. The van der Waals surface area contributed by atoms with Crippen molar-refractivity contribution in [2.45, 2.75) is 56.1 Å². The Morgan fingerprint density at radius 2 is 2.29 bits per heavy atom. The minimum atomic E-state index is -0.273. The number of pyridine rings is 1. The lowest BCUT2D eigenvalue weighted by Gasteiger charge is -2.27. The van der Waals surface area contributed by atoms with Gasteiger partial charge in [-0.15, -0.1) is 0 Å². The van der Waals surface area contributed by atoms with E-state index in [1.807, 2.05) is 18.3 Å². The zero-order valence-corrected chi connectivity index (χ0v) is 12.8. The first kappa shape index (κ1) is 14.5. The fourth-order valence-electron chi connectivity index (χ4n) is 3.30. The quantitative estimate of drug-likeness (QED) is 0.869. The standard InChI is InChI=1S/C17H24N4/c1-21(11-8-14-4-2-3-10-19-14)16-7-9-17(12-16,13-18)20-15-5-6-15/h2-4,10,15-16,20H,5-9,11-12H2,1H3. The summed E-state index contributed by atoms with van der Waals surface area (Å²) in [7, 11) is 2.18. The Kier molecular flexibility index (Phi) is 4.23. The van der Waals surface area contributed by atoms with Gasteiger partial charge in [-0.25, -0.2) is 0 Å². The summed E-state index contributed by atoms with van der Waals surface area (Å²) >= 11 is 0. The van der Waals surface area contributed by atoms with Gasteiger partial charge in [-0.05, 0) is 51.3 Å². The number of likely N-dealkylation sites (N-methyl/N-ethyl adjacent to an activating group) is 1. The molecule has 0 bridgehead atoms. The number of nitrogens with zero attached hydrogens (tertiary/aromatic N) is 3. The molecule has 1 N–H and O–H groups in total. The molecule has 2 atom stereocenters. The molecule has 3 rings (SSSR count). The van der Waals surface area contributed by atoms with Crippen LogP contribution in [-0.4, -0.2) is 41.1 Å². The van der Waals surface area contributed by atoms with Crippen LogP contribution in [0.3, 0.4) is 0 Å². The highest BCUT2D eigenvalue weighted by Gasteiger charge is 2.43. The Hall–Kier alpha value is -1.44. The summed E-state index contributed by atoms with van der Waals surface area (Å²) in [6.07, 6.45) is 8.37. The van der Waals surface area contributed by atoms with Crippen LogP contribution in [0.15, 0.2) is 24.4 Å². The van der Waals surface area contributed by atoms with Gasteiger partial charge in [0.2, 0.25) is 0 Å². The highest BCUT2D eigenvalue weighted by Crippen LogP contribution is 2.35. The lowest BCUT2D eigenvalue weighted by molar-refractivity contribution is 0.237. The number of hydrogen-bond donors (Lipinski definition) is 1. The van der Waals surface area contributed by atoms with Crippen LogP contribution in [0.4, 0.5) is 0 Å². The van der Waals surface area contributed by atoms with Crippen LogP contribution in [-0.2, 0) is 6.42 Å². The molecule has 2 unspecified atom stereocenters. The molecule has 4 heteroatoms. The third-order valence-corrected chi connectivity index (χ3v) is 4.83. The van der Waals surface area contributed by atoms with E-state index in [0.29, 0.717) is 12.1 Å². The number of hydrogen-bond acceptors (Lipinski definition) is 4. The van der Waals surface area contributed by atoms with Gasteiger partial charge in [-0.3, -0.25) is 10.3 Å². The van der Waals surface area contributed by atoms with Crippen LogP contribution in [0.1, 0.15) is 37.8 Å². The largest absolute Gasteiger partial charge is 0.303 e. The van der Waals surface area contributed by atoms with Crippen LogP contribution >= 0.6 is 0 Å². The van der Waals surface area contributed by atoms with E-state index in [2.05, 4.69) is 34.4 Å². The molecule has 2 fully saturated rings. The second kappa shape index (κ2) is 6.13.